The van der Waals surface area contributed by atoms with Crippen molar-refractivity contribution in [3.63, 3.8) is 0 Å². The molecule has 0 aromatic heterocycles. The topological polar surface area (TPSA) is 38.0 Å². The van der Waals surface area contributed by atoms with Crippen LogP contribution in [-0.4, -0.2) is 18.6 Å². The van der Waals surface area contributed by atoms with Gasteiger partial charge in [0.05, 0.1) is 0 Å². The Morgan fingerprint density at radius 3 is 2.65 bits per heavy atom. The quantitative estimate of drug-likeness (QED) is 0.893. The fourth-order valence-electron chi connectivity index (χ4n) is 3.21. The minimum Gasteiger partial charge on any atom is -0.326 e. The monoisotopic (exact) mass is 268 g/mol. The summed E-state index contributed by atoms with van der Waals surface area (Å²) in [5.74, 6) is 0. The fraction of sp³-hybridized carbons (Fsp3) is 0.444. The van der Waals surface area contributed by atoms with Crippen LogP contribution in [0.25, 0.3) is 10.8 Å². The summed E-state index contributed by atoms with van der Waals surface area (Å²) >= 11 is 0. The molecule has 1 aliphatic carbocycles. The van der Waals surface area contributed by atoms with Gasteiger partial charge in [-0.1, -0.05) is 55.3 Å². The summed E-state index contributed by atoms with van der Waals surface area (Å²) in [6, 6.07) is 16.2. The molecule has 0 radical (unpaired) electrons. The second kappa shape index (κ2) is 6.38. The van der Waals surface area contributed by atoms with Crippen molar-refractivity contribution >= 4 is 10.8 Å². The van der Waals surface area contributed by atoms with Crippen LogP contribution in [0.1, 0.15) is 31.2 Å². The largest absolute Gasteiger partial charge is 0.326 e. The van der Waals surface area contributed by atoms with Gasteiger partial charge in [-0.15, -0.1) is 0 Å². The van der Waals surface area contributed by atoms with E-state index in [1.807, 2.05) is 0 Å². The molecule has 0 spiro atoms. The van der Waals surface area contributed by atoms with Gasteiger partial charge in [0.15, 0.2) is 0 Å². The number of rotatable bonds is 4. The van der Waals surface area contributed by atoms with Crippen LogP contribution in [0, 0.1) is 0 Å². The lowest BCUT2D eigenvalue weighted by Gasteiger charge is -2.29. The van der Waals surface area contributed by atoms with Gasteiger partial charge >= 0.3 is 0 Å². The van der Waals surface area contributed by atoms with Gasteiger partial charge in [-0.3, -0.25) is 0 Å². The molecule has 2 aromatic carbocycles. The summed E-state index contributed by atoms with van der Waals surface area (Å²) in [6.07, 6.45) is 6.10. The molecule has 0 amide bonds. The number of hydrogen-bond donors (Lipinski definition) is 2. The maximum Gasteiger partial charge on any atom is 0.0219 e. The van der Waals surface area contributed by atoms with Crippen LogP contribution in [-0.2, 0) is 6.42 Å². The number of hydrogen-bond acceptors (Lipinski definition) is 2. The molecule has 2 atom stereocenters. The number of nitrogens with one attached hydrogen (secondary N) is 1. The summed E-state index contributed by atoms with van der Waals surface area (Å²) in [7, 11) is 0. The number of fused-ring (bicyclic) bond motifs is 1. The van der Waals surface area contributed by atoms with Crippen molar-refractivity contribution in [2.24, 2.45) is 5.73 Å². The van der Waals surface area contributed by atoms with Crippen LogP contribution in [0.3, 0.4) is 0 Å². The lowest BCUT2D eigenvalue weighted by molar-refractivity contribution is 0.329. The predicted molar refractivity (Wildman–Crippen MR) is 85.9 cm³/mol. The van der Waals surface area contributed by atoms with Gasteiger partial charge in [0.25, 0.3) is 0 Å². The molecule has 0 aliphatic heterocycles. The Hall–Kier alpha value is -1.38. The van der Waals surface area contributed by atoms with Crippen LogP contribution in [0.2, 0.25) is 0 Å². The Morgan fingerprint density at radius 1 is 1.00 bits per heavy atom. The Morgan fingerprint density at radius 2 is 1.80 bits per heavy atom. The van der Waals surface area contributed by atoms with Gasteiger partial charge in [-0.05, 0) is 42.1 Å². The van der Waals surface area contributed by atoms with Gasteiger partial charge < -0.3 is 11.1 Å². The molecular formula is C18H24N2. The Bertz CT molecular complexity index is 564. The van der Waals surface area contributed by atoms with Crippen molar-refractivity contribution in [1.29, 1.82) is 0 Å². The SMILES string of the molecule is NC1CCCCC1NCCc1ccc2ccccc2c1. The summed E-state index contributed by atoms with van der Waals surface area (Å²) in [6.45, 7) is 1.02. The van der Waals surface area contributed by atoms with Crippen molar-refractivity contribution in [1.82, 2.24) is 5.32 Å². The van der Waals surface area contributed by atoms with Crippen molar-refractivity contribution in [2.45, 2.75) is 44.2 Å². The molecule has 2 heteroatoms. The van der Waals surface area contributed by atoms with Crippen molar-refractivity contribution in [3.8, 4) is 0 Å². The first-order chi connectivity index (χ1) is 9.83. The van der Waals surface area contributed by atoms with E-state index in [2.05, 4.69) is 47.8 Å². The van der Waals surface area contributed by atoms with Crippen molar-refractivity contribution < 1.29 is 0 Å². The van der Waals surface area contributed by atoms with Gasteiger partial charge in [0, 0.05) is 12.1 Å². The van der Waals surface area contributed by atoms with Gasteiger partial charge in [-0.2, -0.15) is 0 Å². The highest BCUT2D eigenvalue weighted by atomic mass is 14.9. The van der Waals surface area contributed by atoms with Crippen molar-refractivity contribution in [3.05, 3.63) is 48.0 Å². The average Bonchev–Trinajstić information content (AvgIpc) is 2.49. The molecule has 106 valence electrons. The number of benzene rings is 2. The van der Waals surface area contributed by atoms with Crippen molar-refractivity contribution in [2.75, 3.05) is 6.54 Å². The lowest BCUT2D eigenvalue weighted by Crippen LogP contribution is -2.47. The zero-order chi connectivity index (χ0) is 13.8. The van der Waals surface area contributed by atoms with E-state index < -0.39 is 0 Å². The van der Waals surface area contributed by atoms with E-state index in [-0.39, 0.29) is 0 Å². The second-order valence-corrected chi connectivity index (χ2v) is 5.94. The standard InChI is InChI=1S/C18H24N2/c19-17-7-3-4-8-18(17)20-12-11-14-9-10-15-5-1-2-6-16(15)13-14/h1-2,5-6,9-10,13,17-18,20H,3-4,7-8,11-12,19H2. The maximum atomic E-state index is 6.17. The Labute approximate surface area is 121 Å². The van der Waals surface area contributed by atoms with Gasteiger partial charge in [0.2, 0.25) is 0 Å². The minimum absolute atomic E-state index is 0.348. The highest BCUT2D eigenvalue weighted by molar-refractivity contribution is 5.82. The van der Waals surface area contributed by atoms with Crippen LogP contribution < -0.4 is 11.1 Å². The molecule has 1 fully saturated rings. The molecule has 2 unspecified atom stereocenters. The summed E-state index contributed by atoms with van der Waals surface area (Å²) < 4.78 is 0. The lowest BCUT2D eigenvalue weighted by atomic mass is 9.91. The van der Waals surface area contributed by atoms with Gasteiger partial charge in [0.1, 0.15) is 0 Å². The summed E-state index contributed by atoms with van der Waals surface area (Å²) in [5.41, 5.74) is 7.57. The molecule has 1 aliphatic rings. The fourth-order valence-corrected chi connectivity index (χ4v) is 3.21. The van der Waals surface area contributed by atoms with Crippen LogP contribution >= 0.6 is 0 Å². The summed E-state index contributed by atoms with van der Waals surface area (Å²) in [5, 5.41) is 6.29. The average molecular weight is 268 g/mol. The molecular weight excluding hydrogens is 244 g/mol. The molecule has 3 N–H and O–H groups in total. The van der Waals surface area contributed by atoms with E-state index in [1.165, 1.54) is 42.0 Å². The molecule has 1 saturated carbocycles. The van der Waals surface area contributed by atoms with Crippen LogP contribution in [0.5, 0.6) is 0 Å². The minimum atomic E-state index is 0.348. The normalized spacial score (nSPS) is 23.1. The van der Waals surface area contributed by atoms with Crippen LogP contribution in [0.4, 0.5) is 0 Å². The zero-order valence-corrected chi connectivity index (χ0v) is 12.0. The first-order valence-electron chi connectivity index (χ1n) is 7.79. The summed E-state index contributed by atoms with van der Waals surface area (Å²) in [4.78, 5) is 0. The van der Waals surface area contributed by atoms with Crippen LogP contribution in [0.15, 0.2) is 42.5 Å². The van der Waals surface area contributed by atoms with E-state index in [4.69, 9.17) is 5.73 Å². The first-order valence-corrected chi connectivity index (χ1v) is 7.79. The molecule has 2 aromatic rings. The Balaban J connectivity index is 1.56. The predicted octanol–water partition coefficient (Wildman–Crippen LogP) is 3.24. The van der Waals surface area contributed by atoms with E-state index in [9.17, 15) is 0 Å². The third-order valence-corrected chi connectivity index (χ3v) is 4.45. The smallest absolute Gasteiger partial charge is 0.0219 e. The molecule has 0 saturated heterocycles. The molecule has 3 rings (SSSR count). The van der Waals surface area contributed by atoms with E-state index in [0.717, 1.165) is 13.0 Å². The molecule has 20 heavy (non-hydrogen) atoms. The maximum absolute atomic E-state index is 6.17. The Kier molecular flexibility index (Phi) is 4.34. The third-order valence-electron chi connectivity index (χ3n) is 4.45. The second-order valence-electron chi connectivity index (χ2n) is 5.94. The zero-order valence-electron chi connectivity index (χ0n) is 12.0. The molecule has 0 bridgehead atoms. The highest BCUT2D eigenvalue weighted by Gasteiger charge is 2.20. The molecule has 0 heterocycles. The highest BCUT2D eigenvalue weighted by Crippen LogP contribution is 2.18. The van der Waals surface area contributed by atoms with E-state index in [0.29, 0.717) is 12.1 Å². The van der Waals surface area contributed by atoms with Gasteiger partial charge in [-0.25, -0.2) is 0 Å². The molecule has 2 nitrogen and oxygen atoms in total. The third kappa shape index (κ3) is 3.20. The first kappa shape index (κ1) is 13.6. The van der Waals surface area contributed by atoms with E-state index >= 15 is 0 Å². The van der Waals surface area contributed by atoms with E-state index in [1.54, 1.807) is 0 Å². The number of nitrogens with two attached hydrogens (primary N) is 1.